The average molecular weight is 297 g/mol. The van der Waals surface area contributed by atoms with Crippen LogP contribution in [0.3, 0.4) is 0 Å². The van der Waals surface area contributed by atoms with Crippen LogP contribution in [0.15, 0.2) is 18.2 Å². The topological polar surface area (TPSA) is 57.6 Å². The minimum Gasteiger partial charge on any atom is -0.395 e. The van der Waals surface area contributed by atoms with Gasteiger partial charge in [0.2, 0.25) is 0 Å². The Hall–Kier alpha value is -0.910. The summed E-state index contributed by atoms with van der Waals surface area (Å²) in [6.45, 7) is 5.43. The molecule has 1 atom stereocenters. The number of nitrogens with zero attached hydrogens (tertiary/aromatic N) is 1. The molecule has 0 aliphatic carbocycles. The standard InChI is InChI=1S/C15H23NO3S/c1-12-3-4-14(9-13(12)2)10-16(6-7-17)15-5-8-20(18,19)11-15/h3-4,9,15,17H,5-8,10-11H2,1-2H3. The molecule has 1 unspecified atom stereocenters. The van der Waals surface area contributed by atoms with Crippen molar-refractivity contribution in [1.29, 1.82) is 0 Å². The first-order valence-corrected chi connectivity index (χ1v) is 8.85. The van der Waals surface area contributed by atoms with E-state index in [0.717, 1.165) is 0 Å². The molecule has 0 saturated carbocycles. The Balaban J connectivity index is 2.11. The molecule has 0 bridgehead atoms. The zero-order valence-corrected chi connectivity index (χ0v) is 13.0. The van der Waals surface area contributed by atoms with Gasteiger partial charge in [-0.2, -0.15) is 0 Å². The van der Waals surface area contributed by atoms with E-state index in [1.54, 1.807) is 0 Å². The Bertz CT molecular complexity index is 568. The second-order valence-electron chi connectivity index (χ2n) is 5.67. The molecule has 0 amide bonds. The Morgan fingerprint density at radius 2 is 2.05 bits per heavy atom. The molecule has 1 N–H and O–H groups in total. The van der Waals surface area contributed by atoms with Gasteiger partial charge in [-0.15, -0.1) is 0 Å². The van der Waals surface area contributed by atoms with Crippen molar-refractivity contribution >= 4 is 9.84 Å². The van der Waals surface area contributed by atoms with Gasteiger partial charge in [-0.1, -0.05) is 18.2 Å². The van der Waals surface area contributed by atoms with E-state index in [1.165, 1.54) is 16.7 Å². The summed E-state index contributed by atoms with van der Waals surface area (Å²) in [5.74, 6) is 0.490. The fourth-order valence-corrected chi connectivity index (χ4v) is 4.48. The van der Waals surface area contributed by atoms with Gasteiger partial charge < -0.3 is 5.11 Å². The molecule has 1 saturated heterocycles. The Morgan fingerprint density at radius 1 is 1.30 bits per heavy atom. The van der Waals surface area contributed by atoms with Gasteiger partial charge in [0.25, 0.3) is 0 Å². The minimum atomic E-state index is -2.89. The van der Waals surface area contributed by atoms with Gasteiger partial charge in [0, 0.05) is 19.1 Å². The van der Waals surface area contributed by atoms with Gasteiger partial charge in [-0.05, 0) is 37.0 Å². The van der Waals surface area contributed by atoms with Crippen LogP contribution in [0.5, 0.6) is 0 Å². The lowest BCUT2D eigenvalue weighted by Gasteiger charge is -2.27. The maximum absolute atomic E-state index is 11.6. The van der Waals surface area contributed by atoms with Gasteiger partial charge in [-0.3, -0.25) is 4.90 Å². The Labute approximate surface area is 121 Å². The monoisotopic (exact) mass is 297 g/mol. The maximum Gasteiger partial charge on any atom is 0.151 e. The number of aliphatic hydroxyl groups is 1. The third-order valence-corrected chi connectivity index (χ3v) is 5.82. The summed E-state index contributed by atoms with van der Waals surface area (Å²) in [5.41, 5.74) is 3.67. The van der Waals surface area contributed by atoms with E-state index >= 15 is 0 Å². The van der Waals surface area contributed by atoms with E-state index in [-0.39, 0.29) is 24.2 Å². The summed E-state index contributed by atoms with van der Waals surface area (Å²) in [7, 11) is -2.89. The van der Waals surface area contributed by atoms with Crippen LogP contribution in [-0.4, -0.2) is 49.1 Å². The van der Waals surface area contributed by atoms with Gasteiger partial charge in [0.15, 0.2) is 9.84 Å². The van der Waals surface area contributed by atoms with Crippen molar-refractivity contribution in [2.45, 2.75) is 32.9 Å². The molecule has 5 heteroatoms. The number of hydrogen-bond donors (Lipinski definition) is 1. The number of aryl methyl sites for hydroxylation is 2. The third-order valence-electron chi connectivity index (χ3n) is 4.07. The molecule has 2 rings (SSSR count). The summed E-state index contributed by atoms with van der Waals surface area (Å²) >= 11 is 0. The zero-order valence-electron chi connectivity index (χ0n) is 12.2. The van der Waals surface area contributed by atoms with Crippen LogP contribution in [-0.2, 0) is 16.4 Å². The molecule has 112 valence electrons. The fourth-order valence-electron chi connectivity index (χ4n) is 2.72. The molecular formula is C15H23NO3S. The van der Waals surface area contributed by atoms with Crippen LogP contribution < -0.4 is 0 Å². The molecule has 0 aromatic heterocycles. The van der Waals surface area contributed by atoms with E-state index < -0.39 is 9.84 Å². The number of benzene rings is 1. The highest BCUT2D eigenvalue weighted by molar-refractivity contribution is 7.91. The van der Waals surface area contributed by atoms with Gasteiger partial charge >= 0.3 is 0 Å². The molecule has 1 aliphatic heterocycles. The number of hydrogen-bond acceptors (Lipinski definition) is 4. The van der Waals surface area contributed by atoms with Crippen LogP contribution in [0, 0.1) is 13.8 Å². The quantitative estimate of drug-likeness (QED) is 0.889. The van der Waals surface area contributed by atoms with Crippen molar-refractivity contribution < 1.29 is 13.5 Å². The summed E-state index contributed by atoms with van der Waals surface area (Å²) in [5, 5.41) is 9.21. The largest absolute Gasteiger partial charge is 0.395 e. The first-order chi connectivity index (χ1) is 9.41. The van der Waals surface area contributed by atoms with Crippen molar-refractivity contribution in [3.05, 3.63) is 34.9 Å². The van der Waals surface area contributed by atoms with Crippen LogP contribution in [0.4, 0.5) is 0 Å². The molecule has 0 spiro atoms. The second kappa shape index (κ2) is 6.24. The van der Waals surface area contributed by atoms with Crippen molar-refractivity contribution in [3.63, 3.8) is 0 Å². The predicted molar refractivity (Wildman–Crippen MR) is 80.5 cm³/mol. The highest BCUT2D eigenvalue weighted by Gasteiger charge is 2.31. The molecule has 1 aliphatic rings. The SMILES string of the molecule is Cc1ccc(CN(CCO)C2CCS(=O)(=O)C2)cc1C. The minimum absolute atomic E-state index is 0.0359. The van der Waals surface area contributed by atoms with Crippen LogP contribution >= 0.6 is 0 Å². The number of aliphatic hydroxyl groups excluding tert-OH is 1. The fraction of sp³-hybridized carbons (Fsp3) is 0.600. The zero-order chi connectivity index (χ0) is 14.8. The molecule has 1 fully saturated rings. The molecule has 0 radical (unpaired) electrons. The first-order valence-electron chi connectivity index (χ1n) is 7.03. The smallest absolute Gasteiger partial charge is 0.151 e. The molecule has 20 heavy (non-hydrogen) atoms. The summed E-state index contributed by atoms with van der Waals surface area (Å²) in [6, 6.07) is 6.35. The third kappa shape index (κ3) is 3.81. The van der Waals surface area contributed by atoms with E-state index in [1.807, 2.05) is 0 Å². The number of rotatable bonds is 5. The molecular weight excluding hydrogens is 274 g/mol. The summed E-state index contributed by atoms with van der Waals surface area (Å²) in [6.07, 6.45) is 0.674. The highest BCUT2D eigenvalue weighted by Crippen LogP contribution is 2.20. The van der Waals surface area contributed by atoms with Gasteiger partial charge in [0.1, 0.15) is 0 Å². The van der Waals surface area contributed by atoms with Crippen LogP contribution in [0.25, 0.3) is 0 Å². The molecule has 1 aromatic rings. The lowest BCUT2D eigenvalue weighted by Crippen LogP contribution is -2.37. The van der Waals surface area contributed by atoms with E-state index in [4.69, 9.17) is 0 Å². The van der Waals surface area contributed by atoms with Crippen LogP contribution in [0.2, 0.25) is 0 Å². The summed E-state index contributed by atoms with van der Waals surface area (Å²) in [4.78, 5) is 2.09. The highest BCUT2D eigenvalue weighted by atomic mass is 32.2. The van der Waals surface area contributed by atoms with Crippen molar-refractivity contribution in [3.8, 4) is 0 Å². The van der Waals surface area contributed by atoms with Crippen molar-refractivity contribution in [2.24, 2.45) is 0 Å². The number of sulfone groups is 1. The molecule has 4 nitrogen and oxygen atoms in total. The van der Waals surface area contributed by atoms with Crippen molar-refractivity contribution in [2.75, 3.05) is 24.7 Å². The first kappa shape index (κ1) is 15.5. The Kier molecular flexibility index (Phi) is 4.83. The van der Waals surface area contributed by atoms with E-state index in [0.29, 0.717) is 19.5 Å². The lowest BCUT2D eigenvalue weighted by molar-refractivity contribution is 0.153. The molecule has 1 heterocycles. The Morgan fingerprint density at radius 3 is 2.60 bits per heavy atom. The average Bonchev–Trinajstić information content (AvgIpc) is 2.74. The van der Waals surface area contributed by atoms with Crippen molar-refractivity contribution in [1.82, 2.24) is 4.90 Å². The maximum atomic E-state index is 11.6. The lowest BCUT2D eigenvalue weighted by atomic mass is 10.1. The van der Waals surface area contributed by atoms with Crippen LogP contribution in [0.1, 0.15) is 23.1 Å². The molecule has 1 aromatic carbocycles. The van der Waals surface area contributed by atoms with E-state index in [9.17, 15) is 13.5 Å². The van der Waals surface area contributed by atoms with E-state index in [2.05, 4.69) is 36.9 Å². The predicted octanol–water partition coefficient (Wildman–Crippen LogP) is 1.28. The summed E-state index contributed by atoms with van der Waals surface area (Å²) < 4.78 is 23.2. The normalized spacial score (nSPS) is 21.5. The van der Waals surface area contributed by atoms with Gasteiger partial charge in [-0.25, -0.2) is 8.42 Å². The second-order valence-corrected chi connectivity index (χ2v) is 7.90. The van der Waals surface area contributed by atoms with Gasteiger partial charge in [0.05, 0.1) is 18.1 Å².